The van der Waals surface area contributed by atoms with Gasteiger partial charge in [0.2, 0.25) is 0 Å². The number of methoxy groups -OCH3 is 1. The van der Waals surface area contributed by atoms with Gasteiger partial charge in [0.25, 0.3) is 10.1 Å². The van der Waals surface area contributed by atoms with Crippen LogP contribution in [0.3, 0.4) is 0 Å². The Morgan fingerprint density at radius 2 is 1.46 bits per heavy atom. The van der Waals surface area contributed by atoms with E-state index < -0.39 is 50.5 Å². The number of carbonyl (C=O) groups excluding carboxylic acids is 3. The van der Waals surface area contributed by atoms with E-state index in [0.717, 1.165) is 6.26 Å². The number of rotatable bonds is 13. The van der Waals surface area contributed by atoms with E-state index in [1.165, 1.54) is 7.11 Å². The summed E-state index contributed by atoms with van der Waals surface area (Å²) in [6, 6.07) is 0. The van der Waals surface area contributed by atoms with E-state index in [0.29, 0.717) is 6.42 Å². The Morgan fingerprint density at radius 3 is 1.83 bits per heavy atom. The van der Waals surface area contributed by atoms with Crippen molar-refractivity contribution in [3.63, 3.8) is 0 Å². The molecular weight excluding hydrogens is 476 g/mol. The van der Waals surface area contributed by atoms with Crippen LogP contribution in [0.4, 0.5) is 0 Å². The third-order valence-corrected chi connectivity index (χ3v) is 5.59. The highest BCUT2D eigenvalue weighted by Gasteiger charge is 2.42. The van der Waals surface area contributed by atoms with Crippen molar-refractivity contribution in [3.8, 4) is 0 Å². The second-order valence-electron chi connectivity index (χ2n) is 7.77. The Hall–Kier alpha value is -1.94. The molecule has 0 spiro atoms. The quantitative estimate of drug-likeness (QED) is 0.0950. The zero-order valence-corrected chi connectivity index (χ0v) is 18.5. The number of hydrogen-bond acceptors (Lipinski definition) is 8. The summed E-state index contributed by atoms with van der Waals surface area (Å²) >= 11 is 0. The van der Waals surface area contributed by atoms with E-state index >= 15 is 0 Å². The second kappa shape index (κ2) is 21.4. The van der Waals surface area contributed by atoms with Crippen molar-refractivity contribution >= 4 is 28.0 Å². The van der Waals surface area contributed by atoms with E-state index in [2.05, 4.69) is 6.58 Å². The third kappa shape index (κ3) is 18.1. The van der Waals surface area contributed by atoms with E-state index in [9.17, 15) is 22.8 Å². The number of esters is 3. The molecule has 0 radical (unpaired) electrons. The SMILES string of the molecule is C.C.C.C.C.C.C=COC(=O)C(C)(C)CC(CC(C)(CC)C(=O)OCCCS(=O)(=O)O)C(=O)OC. The molecule has 0 aromatic rings. The summed E-state index contributed by atoms with van der Waals surface area (Å²) in [6.45, 7) is 9.77. The predicted molar refractivity (Wildman–Crippen MR) is 146 cm³/mol. The van der Waals surface area contributed by atoms with Crippen molar-refractivity contribution in [1.82, 2.24) is 0 Å². The first-order valence-electron chi connectivity index (χ1n) is 9.24. The molecule has 9 nitrogen and oxygen atoms in total. The fourth-order valence-electron chi connectivity index (χ4n) is 2.84. The molecule has 35 heavy (non-hydrogen) atoms. The van der Waals surface area contributed by atoms with Crippen molar-refractivity contribution in [2.75, 3.05) is 19.5 Å². The average Bonchev–Trinajstić information content (AvgIpc) is 2.62. The Labute approximate surface area is 216 Å². The molecule has 2 unspecified atom stereocenters. The molecule has 216 valence electrons. The molecule has 10 heteroatoms. The van der Waals surface area contributed by atoms with Crippen molar-refractivity contribution in [2.24, 2.45) is 16.7 Å². The third-order valence-electron chi connectivity index (χ3n) is 4.78. The lowest BCUT2D eigenvalue weighted by Gasteiger charge is -2.32. The molecule has 0 aliphatic carbocycles. The summed E-state index contributed by atoms with van der Waals surface area (Å²) in [5.74, 6) is -3.03. The normalized spacial score (nSPS) is 12.4. The maximum absolute atomic E-state index is 12.6. The van der Waals surface area contributed by atoms with Crippen LogP contribution in [0.2, 0.25) is 0 Å². The van der Waals surface area contributed by atoms with Crippen LogP contribution in [0, 0.1) is 16.7 Å². The average molecular weight is 533 g/mol. The number of carbonyl (C=O) groups is 3. The minimum absolute atomic E-state index is 0. The molecule has 0 rings (SSSR count). The van der Waals surface area contributed by atoms with Gasteiger partial charge in [0.05, 0.1) is 42.5 Å². The van der Waals surface area contributed by atoms with Crippen LogP contribution >= 0.6 is 0 Å². The van der Waals surface area contributed by atoms with E-state index in [1.807, 2.05) is 0 Å². The van der Waals surface area contributed by atoms with Crippen molar-refractivity contribution in [2.45, 2.75) is 97.9 Å². The van der Waals surface area contributed by atoms with Gasteiger partial charge in [-0.05, 0) is 46.5 Å². The molecule has 0 saturated carbocycles. The molecule has 0 heterocycles. The zero-order chi connectivity index (χ0) is 22.9. The lowest BCUT2D eigenvalue weighted by Crippen LogP contribution is -2.37. The van der Waals surface area contributed by atoms with Crippen LogP contribution in [0.5, 0.6) is 0 Å². The molecule has 0 fully saturated rings. The van der Waals surface area contributed by atoms with Crippen LogP contribution in [0.15, 0.2) is 12.8 Å². The monoisotopic (exact) mass is 532 g/mol. The van der Waals surface area contributed by atoms with Crippen LogP contribution < -0.4 is 0 Å². The van der Waals surface area contributed by atoms with Crippen molar-refractivity contribution < 1.29 is 41.6 Å². The van der Waals surface area contributed by atoms with Gasteiger partial charge in [-0.2, -0.15) is 8.42 Å². The molecule has 0 aromatic heterocycles. The van der Waals surface area contributed by atoms with Crippen LogP contribution in [0.1, 0.15) is 97.9 Å². The smallest absolute Gasteiger partial charge is 0.316 e. The summed E-state index contributed by atoms with van der Waals surface area (Å²) in [6.07, 6.45) is 1.45. The van der Waals surface area contributed by atoms with Gasteiger partial charge in [0, 0.05) is 0 Å². The summed E-state index contributed by atoms with van der Waals surface area (Å²) in [7, 11) is -2.91. The van der Waals surface area contributed by atoms with Crippen LogP contribution in [-0.2, 0) is 38.7 Å². The molecule has 0 aliphatic rings. The van der Waals surface area contributed by atoms with E-state index in [-0.39, 0.29) is 70.4 Å². The highest BCUT2D eigenvalue weighted by molar-refractivity contribution is 7.85. The van der Waals surface area contributed by atoms with Gasteiger partial charge >= 0.3 is 17.9 Å². The van der Waals surface area contributed by atoms with Crippen LogP contribution in [0.25, 0.3) is 0 Å². The number of hydrogen-bond donors (Lipinski definition) is 1. The molecule has 2 atom stereocenters. The first-order chi connectivity index (χ1) is 13.2. The highest BCUT2D eigenvalue weighted by atomic mass is 32.2. The molecule has 0 saturated heterocycles. The largest absolute Gasteiger partial charge is 0.469 e. The topological polar surface area (TPSA) is 133 Å². The molecule has 0 amide bonds. The lowest BCUT2D eigenvalue weighted by atomic mass is 9.73. The van der Waals surface area contributed by atoms with Gasteiger partial charge in [-0.3, -0.25) is 18.9 Å². The fraction of sp³-hybridized carbons (Fsp3) is 0.800. The maximum Gasteiger partial charge on any atom is 0.316 e. The van der Waals surface area contributed by atoms with E-state index in [1.54, 1.807) is 27.7 Å². The Balaban J connectivity index is -0.000000261. The number of ether oxygens (including phenoxy) is 3. The summed E-state index contributed by atoms with van der Waals surface area (Å²) < 4.78 is 45.0. The summed E-state index contributed by atoms with van der Waals surface area (Å²) in [5, 5.41) is 0. The predicted octanol–water partition coefficient (Wildman–Crippen LogP) is 6.32. The second-order valence-corrected chi connectivity index (χ2v) is 9.35. The van der Waals surface area contributed by atoms with Crippen molar-refractivity contribution in [3.05, 3.63) is 12.8 Å². The maximum atomic E-state index is 12.6. The lowest BCUT2D eigenvalue weighted by molar-refractivity contribution is -0.159. The van der Waals surface area contributed by atoms with Gasteiger partial charge < -0.3 is 14.2 Å². The molecule has 0 aromatic carbocycles. The van der Waals surface area contributed by atoms with E-state index in [4.69, 9.17) is 18.8 Å². The first-order valence-corrected chi connectivity index (χ1v) is 10.9. The first kappa shape index (κ1) is 50.0. The molecule has 0 bridgehead atoms. The Bertz CT molecular complexity index is 700. The van der Waals surface area contributed by atoms with Gasteiger partial charge in [-0.15, -0.1) is 0 Å². The van der Waals surface area contributed by atoms with Gasteiger partial charge in [-0.25, -0.2) is 0 Å². The Morgan fingerprint density at radius 1 is 0.971 bits per heavy atom. The zero-order valence-electron chi connectivity index (χ0n) is 17.7. The standard InChI is InChI=1S/C19H32O9S.6CH4/c1-7-19(5,17(22)28-10-9-11-29(23,24)25)13-14(15(20)26-6)12-18(3,4)16(21)27-8-2;;;;;;/h8,14H,2,7,9-13H2,1,3-6H3,(H,23,24,25);6*1H4. The fourth-order valence-corrected chi connectivity index (χ4v) is 3.32. The molecule has 0 aliphatic heterocycles. The highest BCUT2D eigenvalue weighted by Crippen LogP contribution is 2.38. The van der Waals surface area contributed by atoms with Gasteiger partial charge in [0.15, 0.2) is 0 Å². The minimum atomic E-state index is -4.13. The molecular formula is C25H56O9S. The van der Waals surface area contributed by atoms with Gasteiger partial charge in [-0.1, -0.05) is 58.1 Å². The minimum Gasteiger partial charge on any atom is -0.469 e. The summed E-state index contributed by atoms with van der Waals surface area (Å²) in [4.78, 5) is 37.0. The Kier molecular flexibility index (Phi) is 30.5. The summed E-state index contributed by atoms with van der Waals surface area (Å²) in [5.41, 5.74) is -2.09. The van der Waals surface area contributed by atoms with Gasteiger partial charge in [0.1, 0.15) is 0 Å². The van der Waals surface area contributed by atoms with Crippen LogP contribution in [-0.4, -0.2) is 50.3 Å². The van der Waals surface area contributed by atoms with Crippen molar-refractivity contribution in [1.29, 1.82) is 0 Å². The molecule has 1 N–H and O–H groups in total.